The van der Waals surface area contributed by atoms with Crippen LogP contribution in [0.1, 0.15) is 40.8 Å². The Morgan fingerprint density at radius 3 is 2.23 bits per heavy atom. The lowest BCUT2D eigenvalue weighted by Gasteiger charge is -2.41. The first-order chi connectivity index (χ1) is 21.1. The third kappa shape index (κ3) is 6.74. The third-order valence-electron chi connectivity index (χ3n) is 7.68. The molecule has 3 N–H and O–H groups in total. The number of primary amides is 1. The Hall–Kier alpha value is -3.95. The van der Waals surface area contributed by atoms with Gasteiger partial charge in [-0.3, -0.25) is 9.59 Å². The fourth-order valence-corrected chi connectivity index (χ4v) is 7.87. The van der Waals surface area contributed by atoms with Crippen LogP contribution in [-0.4, -0.2) is 30.6 Å². The topological polar surface area (TPSA) is 110 Å². The van der Waals surface area contributed by atoms with Crippen LogP contribution in [0, 0.1) is 6.92 Å². The van der Waals surface area contributed by atoms with E-state index in [-0.39, 0.29) is 23.3 Å². The molecular formula is C34H31Cl2N3O4S. The Morgan fingerprint density at radius 1 is 0.886 bits per heavy atom. The van der Waals surface area contributed by atoms with Gasteiger partial charge in [0, 0.05) is 22.0 Å². The minimum atomic E-state index is -4.23. The molecule has 1 unspecified atom stereocenters. The summed E-state index contributed by atoms with van der Waals surface area (Å²) in [6.07, 6.45) is 2.09. The molecule has 4 aromatic carbocycles. The van der Waals surface area contributed by atoms with Gasteiger partial charge in [0.1, 0.15) is 6.04 Å². The molecule has 0 aromatic heterocycles. The summed E-state index contributed by atoms with van der Waals surface area (Å²) in [7, 11) is -4.23. The van der Waals surface area contributed by atoms with Crippen molar-refractivity contribution in [3.05, 3.63) is 147 Å². The molecular weight excluding hydrogens is 617 g/mol. The highest BCUT2D eigenvalue weighted by molar-refractivity contribution is 7.89. The molecule has 4 aromatic rings. The first-order valence-electron chi connectivity index (χ1n) is 14.0. The van der Waals surface area contributed by atoms with Crippen LogP contribution in [0.2, 0.25) is 10.0 Å². The summed E-state index contributed by atoms with van der Waals surface area (Å²) >= 11 is 12.6. The van der Waals surface area contributed by atoms with Crippen LogP contribution in [0.25, 0.3) is 0 Å². The molecule has 0 spiro atoms. The summed E-state index contributed by atoms with van der Waals surface area (Å²) < 4.78 is 30.8. The summed E-state index contributed by atoms with van der Waals surface area (Å²) in [5, 5.41) is 3.67. The van der Waals surface area contributed by atoms with Gasteiger partial charge in [-0.05, 0) is 65.9 Å². The van der Waals surface area contributed by atoms with Gasteiger partial charge >= 0.3 is 0 Å². The van der Waals surface area contributed by atoms with E-state index in [2.05, 4.69) is 5.32 Å². The molecule has 3 atom stereocenters. The number of aryl methyl sites for hydroxylation is 1. The highest BCUT2D eigenvalue weighted by atomic mass is 35.5. The highest BCUT2D eigenvalue weighted by Crippen LogP contribution is 2.46. The van der Waals surface area contributed by atoms with Gasteiger partial charge in [-0.15, -0.1) is 0 Å². The number of carbonyl (C=O) groups is 2. The number of hydrogen-bond acceptors (Lipinski definition) is 4. The van der Waals surface area contributed by atoms with Crippen molar-refractivity contribution in [3.8, 4) is 0 Å². The Morgan fingerprint density at radius 2 is 1.57 bits per heavy atom. The molecule has 0 fully saturated rings. The van der Waals surface area contributed by atoms with E-state index in [9.17, 15) is 18.0 Å². The lowest BCUT2D eigenvalue weighted by Crippen LogP contribution is -2.49. The zero-order chi connectivity index (χ0) is 31.4. The number of rotatable bonds is 9. The van der Waals surface area contributed by atoms with Crippen molar-refractivity contribution in [2.24, 2.45) is 5.73 Å². The van der Waals surface area contributed by atoms with Gasteiger partial charge in [0.25, 0.3) is 0 Å². The summed E-state index contributed by atoms with van der Waals surface area (Å²) in [5.41, 5.74) is 8.45. The number of sulfonamides is 1. The van der Waals surface area contributed by atoms with E-state index in [1.54, 1.807) is 85.8 Å². The van der Waals surface area contributed by atoms with Crippen molar-refractivity contribution in [2.75, 3.05) is 0 Å². The van der Waals surface area contributed by atoms with E-state index in [0.717, 1.165) is 5.56 Å². The van der Waals surface area contributed by atoms with Gasteiger partial charge in [0.2, 0.25) is 21.8 Å². The molecule has 0 bridgehead atoms. The monoisotopic (exact) mass is 647 g/mol. The van der Waals surface area contributed by atoms with Crippen molar-refractivity contribution in [3.63, 3.8) is 0 Å². The number of nitrogens with one attached hydrogen (secondary N) is 1. The van der Waals surface area contributed by atoms with Crippen LogP contribution in [0.5, 0.6) is 0 Å². The van der Waals surface area contributed by atoms with Crippen molar-refractivity contribution < 1.29 is 18.0 Å². The Kier molecular flexibility index (Phi) is 9.56. The predicted molar refractivity (Wildman–Crippen MR) is 173 cm³/mol. The van der Waals surface area contributed by atoms with Crippen LogP contribution in [0.4, 0.5) is 0 Å². The fourth-order valence-electron chi connectivity index (χ4n) is 5.54. The van der Waals surface area contributed by atoms with Crippen molar-refractivity contribution >= 4 is 45.0 Å². The molecule has 7 nitrogen and oxygen atoms in total. The molecule has 1 aliphatic rings. The maximum atomic E-state index is 14.7. The predicted octanol–water partition coefficient (Wildman–Crippen LogP) is 6.32. The number of benzene rings is 4. The maximum Gasteiger partial charge on any atom is 0.249 e. The Balaban J connectivity index is 1.66. The second-order valence-corrected chi connectivity index (χ2v) is 13.3. The number of halogens is 2. The van der Waals surface area contributed by atoms with Gasteiger partial charge in [-0.2, -0.15) is 4.31 Å². The summed E-state index contributed by atoms with van der Waals surface area (Å²) in [6.45, 7) is 1.73. The van der Waals surface area contributed by atoms with Gasteiger partial charge in [-0.25, -0.2) is 8.42 Å². The van der Waals surface area contributed by atoms with Crippen LogP contribution in [0.15, 0.2) is 120 Å². The number of carbonyl (C=O) groups excluding carboxylic acids is 2. The van der Waals surface area contributed by atoms with E-state index in [1.165, 1.54) is 4.31 Å². The number of nitrogens with two attached hydrogens (primary N) is 1. The van der Waals surface area contributed by atoms with Crippen LogP contribution >= 0.6 is 23.2 Å². The van der Waals surface area contributed by atoms with Crippen molar-refractivity contribution in [1.82, 2.24) is 9.62 Å². The molecule has 10 heteroatoms. The van der Waals surface area contributed by atoms with E-state index >= 15 is 0 Å². The number of nitrogens with zero attached hydrogens (tertiary/aromatic N) is 1. The molecule has 0 saturated heterocycles. The van der Waals surface area contributed by atoms with Gasteiger partial charge in [0.05, 0.1) is 17.0 Å². The average molecular weight is 649 g/mol. The average Bonchev–Trinajstić information content (AvgIpc) is 3.01. The smallest absolute Gasteiger partial charge is 0.249 e. The first kappa shape index (κ1) is 31.5. The molecule has 1 heterocycles. The largest absolute Gasteiger partial charge is 0.368 e. The highest BCUT2D eigenvalue weighted by Gasteiger charge is 2.45. The minimum Gasteiger partial charge on any atom is -0.368 e. The normalized spacial score (nSPS) is 17.8. The molecule has 1 aliphatic heterocycles. The quantitative estimate of drug-likeness (QED) is 0.222. The first-order valence-corrected chi connectivity index (χ1v) is 16.2. The number of amides is 2. The SMILES string of the molecule is Cc1ccccc1S(=O)(=O)N1C(c2cccc(Cl)c2)C(C(=O)N[C@@H](Cc2ccccc2)C(N)=O)=CC[C@H]1c1ccc(Cl)cc1. The zero-order valence-corrected chi connectivity index (χ0v) is 26.2. The third-order valence-corrected chi connectivity index (χ3v) is 10.2. The summed E-state index contributed by atoms with van der Waals surface area (Å²) in [4.78, 5) is 26.7. The van der Waals surface area contributed by atoms with Crippen molar-refractivity contribution in [1.29, 1.82) is 0 Å². The Labute approximate surface area is 267 Å². The fraction of sp³-hybridized carbons (Fsp3) is 0.176. The second-order valence-electron chi connectivity index (χ2n) is 10.6. The van der Waals surface area contributed by atoms with E-state index in [0.29, 0.717) is 26.7 Å². The molecule has 0 radical (unpaired) electrons. The molecule has 0 saturated carbocycles. The Bertz CT molecular complexity index is 1810. The van der Waals surface area contributed by atoms with Gasteiger partial charge < -0.3 is 11.1 Å². The molecule has 2 amide bonds. The maximum absolute atomic E-state index is 14.7. The van der Waals surface area contributed by atoms with E-state index in [4.69, 9.17) is 28.9 Å². The lowest BCUT2D eigenvalue weighted by molar-refractivity contribution is -0.125. The molecule has 226 valence electrons. The van der Waals surface area contributed by atoms with Gasteiger partial charge in [0.15, 0.2) is 0 Å². The standard InChI is InChI=1S/C34H31Cl2N3O4S/c1-22-8-5-6-13-31(22)44(42,43)39-30(24-14-16-26(35)17-15-24)19-18-28(32(39)25-11-7-12-27(36)21-25)34(41)38-29(33(37)40)20-23-9-3-2-4-10-23/h2-18,21,29-30,32H,19-20H2,1H3,(H2,37,40)(H,38,41)/t29-,30-,32?/m0/s1. The lowest BCUT2D eigenvalue weighted by atomic mass is 9.88. The second kappa shape index (κ2) is 13.4. The van der Waals surface area contributed by atoms with Crippen molar-refractivity contribution in [2.45, 2.75) is 42.8 Å². The summed E-state index contributed by atoms with van der Waals surface area (Å²) in [5.74, 6) is -1.31. The van der Waals surface area contributed by atoms with Gasteiger partial charge in [-0.1, -0.05) is 102 Å². The van der Waals surface area contributed by atoms with Crippen LogP contribution in [-0.2, 0) is 26.0 Å². The van der Waals surface area contributed by atoms with E-state index < -0.39 is 40.0 Å². The molecule has 5 rings (SSSR count). The molecule has 44 heavy (non-hydrogen) atoms. The molecule has 0 aliphatic carbocycles. The van der Waals surface area contributed by atoms with Crippen LogP contribution < -0.4 is 11.1 Å². The number of hydrogen-bond donors (Lipinski definition) is 2. The zero-order valence-electron chi connectivity index (χ0n) is 23.9. The van der Waals surface area contributed by atoms with Crippen LogP contribution in [0.3, 0.4) is 0 Å². The summed E-state index contributed by atoms with van der Waals surface area (Å²) in [6, 6.07) is 26.9. The minimum absolute atomic E-state index is 0.117. The van der Waals surface area contributed by atoms with E-state index in [1.807, 2.05) is 30.3 Å².